The predicted octanol–water partition coefficient (Wildman–Crippen LogP) is 3.88. The third kappa shape index (κ3) is 4.92. The van der Waals surface area contributed by atoms with Gasteiger partial charge in [-0.25, -0.2) is 0 Å². The molecule has 1 aliphatic heterocycles. The van der Waals surface area contributed by atoms with E-state index in [0.717, 1.165) is 24.8 Å². The number of nitriles is 1. The fourth-order valence-corrected chi connectivity index (χ4v) is 3.54. The maximum atomic E-state index is 12.7. The molecule has 1 aliphatic rings. The van der Waals surface area contributed by atoms with Crippen molar-refractivity contribution in [1.29, 1.82) is 5.26 Å². The molecular weight excluding hydrogens is 348 g/mol. The highest BCUT2D eigenvalue weighted by Gasteiger charge is 2.25. The molecule has 2 aromatic rings. The molecule has 28 heavy (non-hydrogen) atoms. The number of hydrogen-bond acceptors (Lipinski definition) is 4. The van der Waals surface area contributed by atoms with Crippen molar-refractivity contribution >= 4 is 17.3 Å². The van der Waals surface area contributed by atoms with Crippen molar-refractivity contribution in [3.05, 3.63) is 71.4 Å². The van der Waals surface area contributed by atoms with Gasteiger partial charge in [0.05, 0.1) is 11.4 Å². The Kier molecular flexibility index (Phi) is 6.33. The molecule has 0 spiro atoms. The van der Waals surface area contributed by atoms with Crippen molar-refractivity contribution in [2.24, 2.45) is 5.92 Å². The summed E-state index contributed by atoms with van der Waals surface area (Å²) < 4.78 is 0. The number of rotatable bonds is 5. The molecule has 0 aliphatic carbocycles. The Balaban J connectivity index is 1.58. The van der Waals surface area contributed by atoms with E-state index in [1.165, 1.54) is 11.8 Å². The van der Waals surface area contributed by atoms with Gasteiger partial charge in [0.1, 0.15) is 11.6 Å². The SMILES string of the molecule is Cc1ccc(N)c(N/C=C(/C#N)C(=O)N2CCC(Cc3ccccc3)CC2)c1. The number of hydrogen-bond donors (Lipinski definition) is 2. The van der Waals surface area contributed by atoms with Crippen LogP contribution in [0.15, 0.2) is 60.3 Å². The molecule has 5 heteroatoms. The van der Waals surface area contributed by atoms with Gasteiger partial charge in [-0.3, -0.25) is 4.79 Å². The van der Waals surface area contributed by atoms with E-state index in [-0.39, 0.29) is 11.5 Å². The molecule has 0 bridgehead atoms. The van der Waals surface area contributed by atoms with Gasteiger partial charge in [0.2, 0.25) is 0 Å². The van der Waals surface area contributed by atoms with Crippen LogP contribution in [0.1, 0.15) is 24.0 Å². The molecule has 1 fully saturated rings. The summed E-state index contributed by atoms with van der Waals surface area (Å²) in [5.74, 6) is 0.352. The lowest BCUT2D eigenvalue weighted by Crippen LogP contribution is -2.39. The van der Waals surface area contributed by atoms with E-state index in [2.05, 4.69) is 29.6 Å². The molecule has 3 rings (SSSR count). The zero-order valence-electron chi connectivity index (χ0n) is 16.2. The predicted molar refractivity (Wildman–Crippen MR) is 112 cm³/mol. The number of anilines is 2. The summed E-state index contributed by atoms with van der Waals surface area (Å²) in [7, 11) is 0. The van der Waals surface area contributed by atoms with Crippen molar-refractivity contribution in [2.45, 2.75) is 26.2 Å². The largest absolute Gasteiger partial charge is 0.397 e. The fourth-order valence-electron chi connectivity index (χ4n) is 3.54. The van der Waals surface area contributed by atoms with Crippen LogP contribution < -0.4 is 11.1 Å². The van der Waals surface area contributed by atoms with E-state index in [1.807, 2.05) is 31.2 Å². The summed E-state index contributed by atoms with van der Waals surface area (Å²) >= 11 is 0. The van der Waals surface area contributed by atoms with Gasteiger partial charge in [0.15, 0.2) is 0 Å². The van der Waals surface area contributed by atoms with Crippen molar-refractivity contribution in [2.75, 3.05) is 24.1 Å². The first-order valence-electron chi connectivity index (χ1n) is 9.63. The van der Waals surface area contributed by atoms with Gasteiger partial charge < -0.3 is 16.0 Å². The maximum Gasteiger partial charge on any atom is 0.266 e. The van der Waals surface area contributed by atoms with E-state index < -0.39 is 0 Å². The van der Waals surface area contributed by atoms with E-state index in [4.69, 9.17) is 5.73 Å². The number of nitrogens with two attached hydrogens (primary N) is 1. The first kappa shape index (κ1) is 19.5. The van der Waals surface area contributed by atoms with Gasteiger partial charge in [-0.05, 0) is 55.4 Å². The second-order valence-electron chi connectivity index (χ2n) is 7.33. The monoisotopic (exact) mass is 374 g/mol. The van der Waals surface area contributed by atoms with Crippen molar-refractivity contribution in [3.63, 3.8) is 0 Å². The zero-order valence-corrected chi connectivity index (χ0v) is 16.2. The Morgan fingerprint density at radius 3 is 2.64 bits per heavy atom. The van der Waals surface area contributed by atoms with Crippen LogP contribution in [0, 0.1) is 24.2 Å². The molecule has 0 saturated carbocycles. The molecule has 0 unspecified atom stereocenters. The summed E-state index contributed by atoms with van der Waals surface area (Å²) in [4.78, 5) is 14.5. The molecule has 2 aromatic carbocycles. The molecule has 0 atom stereocenters. The number of aryl methyl sites for hydroxylation is 1. The van der Waals surface area contributed by atoms with Crippen LogP contribution in [0.25, 0.3) is 0 Å². The van der Waals surface area contributed by atoms with Gasteiger partial charge in [0.25, 0.3) is 5.91 Å². The Morgan fingerprint density at radius 2 is 1.96 bits per heavy atom. The van der Waals surface area contributed by atoms with Crippen molar-refractivity contribution < 1.29 is 4.79 Å². The normalized spacial score (nSPS) is 15.1. The van der Waals surface area contributed by atoms with Crippen LogP contribution in [0.3, 0.4) is 0 Å². The lowest BCUT2D eigenvalue weighted by molar-refractivity contribution is -0.128. The fraction of sp³-hybridized carbons (Fsp3) is 0.304. The maximum absolute atomic E-state index is 12.7. The van der Waals surface area contributed by atoms with Crippen LogP contribution >= 0.6 is 0 Å². The third-order valence-corrected chi connectivity index (χ3v) is 5.20. The molecule has 144 valence electrons. The number of nitrogens with one attached hydrogen (secondary N) is 1. The summed E-state index contributed by atoms with van der Waals surface area (Å²) in [6, 6.07) is 18.1. The van der Waals surface area contributed by atoms with Gasteiger partial charge >= 0.3 is 0 Å². The minimum atomic E-state index is -0.223. The average Bonchev–Trinajstić information content (AvgIpc) is 2.72. The highest BCUT2D eigenvalue weighted by Crippen LogP contribution is 2.23. The van der Waals surface area contributed by atoms with Crippen LogP contribution in [0.4, 0.5) is 11.4 Å². The van der Waals surface area contributed by atoms with Crippen LogP contribution in [0.2, 0.25) is 0 Å². The molecule has 1 heterocycles. The Labute approximate surface area is 166 Å². The van der Waals surface area contributed by atoms with E-state index >= 15 is 0 Å². The molecule has 0 aromatic heterocycles. The van der Waals surface area contributed by atoms with Crippen LogP contribution in [-0.4, -0.2) is 23.9 Å². The second kappa shape index (κ2) is 9.09. The number of nitrogen functional groups attached to an aromatic ring is 1. The summed E-state index contributed by atoms with van der Waals surface area (Å²) in [5.41, 5.74) is 9.71. The number of amides is 1. The first-order chi connectivity index (χ1) is 13.6. The van der Waals surface area contributed by atoms with Gasteiger partial charge in [-0.2, -0.15) is 5.26 Å². The molecule has 1 amide bonds. The van der Waals surface area contributed by atoms with Crippen LogP contribution in [-0.2, 0) is 11.2 Å². The lowest BCUT2D eigenvalue weighted by atomic mass is 9.90. The average molecular weight is 374 g/mol. The minimum absolute atomic E-state index is 0.0995. The Hall–Kier alpha value is -3.26. The Morgan fingerprint density at radius 1 is 1.25 bits per heavy atom. The van der Waals surface area contributed by atoms with Gasteiger partial charge in [0, 0.05) is 19.3 Å². The molecule has 5 nitrogen and oxygen atoms in total. The lowest BCUT2D eigenvalue weighted by Gasteiger charge is -2.32. The molecule has 3 N–H and O–H groups in total. The Bertz CT molecular complexity index is 891. The van der Waals surface area contributed by atoms with E-state index in [1.54, 1.807) is 11.0 Å². The van der Waals surface area contributed by atoms with Crippen LogP contribution in [0.5, 0.6) is 0 Å². The number of carbonyl (C=O) groups excluding carboxylic acids is 1. The highest BCUT2D eigenvalue weighted by atomic mass is 16.2. The minimum Gasteiger partial charge on any atom is -0.397 e. The number of likely N-dealkylation sites (tertiary alicyclic amines) is 1. The highest BCUT2D eigenvalue weighted by molar-refractivity contribution is 5.97. The standard InChI is InChI=1S/C23H26N4O/c1-17-7-8-21(25)22(13-17)26-16-20(15-24)23(28)27-11-9-19(10-12-27)14-18-5-3-2-4-6-18/h2-8,13,16,19,26H,9-12,14,25H2,1H3/b20-16-. The third-order valence-electron chi connectivity index (χ3n) is 5.20. The molecular formula is C23H26N4O. The number of nitrogens with zero attached hydrogens (tertiary/aromatic N) is 2. The topological polar surface area (TPSA) is 82.1 Å². The van der Waals surface area contributed by atoms with E-state index in [0.29, 0.717) is 30.4 Å². The van der Waals surface area contributed by atoms with Crippen molar-refractivity contribution in [3.8, 4) is 6.07 Å². The summed E-state index contributed by atoms with van der Waals surface area (Å²) in [6.07, 6.45) is 4.41. The summed E-state index contributed by atoms with van der Waals surface area (Å²) in [6.45, 7) is 3.33. The second-order valence-corrected chi connectivity index (χ2v) is 7.33. The van der Waals surface area contributed by atoms with Crippen molar-refractivity contribution in [1.82, 2.24) is 4.90 Å². The number of carbonyl (C=O) groups is 1. The van der Waals surface area contributed by atoms with Gasteiger partial charge in [-0.15, -0.1) is 0 Å². The number of benzene rings is 2. The smallest absolute Gasteiger partial charge is 0.266 e. The zero-order chi connectivity index (χ0) is 19.9. The molecule has 1 saturated heterocycles. The van der Waals surface area contributed by atoms with Gasteiger partial charge in [-0.1, -0.05) is 36.4 Å². The number of piperidine rings is 1. The molecule has 0 radical (unpaired) electrons. The summed E-state index contributed by atoms with van der Waals surface area (Å²) in [5, 5.41) is 12.4. The quantitative estimate of drug-likeness (QED) is 0.473. The first-order valence-corrected chi connectivity index (χ1v) is 9.63. The van der Waals surface area contributed by atoms with E-state index in [9.17, 15) is 10.1 Å².